The third kappa shape index (κ3) is 3.75. The fourth-order valence-corrected chi connectivity index (χ4v) is 2.01. The number of ether oxygens (including phenoxy) is 2. The standard InChI is InChI=1S/C15H19N3O3/c1-10-8-13(18-17-10)15(19)16-7-6-11-9-12(20-2)4-5-14(11)21-3/h4-5,8-9H,6-7H2,1-3H3,(H,16,19)(H,17,18). The van der Waals surface area contributed by atoms with Crippen molar-refractivity contribution in [3.63, 3.8) is 0 Å². The molecule has 2 rings (SSSR count). The molecule has 0 atom stereocenters. The zero-order valence-corrected chi connectivity index (χ0v) is 12.4. The van der Waals surface area contributed by atoms with Gasteiger partial charge in [-0.2, -0.15) is 5.10 Å². The summed E-state index contributed by atoms with van der Waals surface area (Å²) < 4.78 is 10.5. The molecule has 21 heavy (non-hydrogen) atoms. The van der Waals surface area contributed by atoms with Crippen LogP contribution in [-0.2, 0) is 6.42 Å². The second-order valence-corrected chi connectivity index (χ2v) is 4.62. The lowest BCUT2D eigenvalue weighted by Gasteiger charge is -2.10. The number of rotatable bonds is 6. The second-order valence-electron chi connectivity index (χ2n) is 4.62. The third-order valence-corrected chi connectivity index (χ3v) is 3.11. The molecule has 0 radical (unpaired) electrons. The Morgan fingerprint density at radius 3 is 2.71 bits per heavy atom. The molecule has 0 aliphatic heterocycles. The van der Waals surface area contributed by atoms with Crippen molar-refractivity contribution in [3.05, 3.63) is 41.2 Å². The molecule has 6 heteroatoms. The Hall–Kier alpha value is -2.50. The molecule has 0 saturated heterocycles. The first kappa shape index (κ1) is 14.9. The van der Waals surface area contributed by atoms with Gasteiger partial charge in [0.25, 0.3) is 5.91 Å². The quantitative estimate of drug-likeness (QED) is 0.848. The van der Waals surface area contributed by atoms with Gasteiger partial charge >= 0.3 is 0 Å². The van der Waals surface area contributed by atoms with Crippen molar-refractivity contribution in [1.82, 2.24) is 15.5 Å². The molecule has 2 aromatic rings. The van der Waals surface area contributed by atoms with Gasteiger partial charge in [0.2, 0.25) is 0 Å². The molecule has 2 N–H and O–H groups in total. The highest BCUT2D eigenvalue weighted by Crippen LogP contribution is 2.24. The van der Waals surface area contributed by atoms with Crippen LogP contribution in [0.25, 0.3) is 0 Å². The number of aromatic amines is 1. The van der Waals surface area contributed by atoms with Gasteiger partial charge in [0, 0.05) is 12.2 Å². The number of nitrogens with zero attached hydrogens (tertiary/aromatic N) is 1. The minimum Gasteiger partial charge on any atom is -0.497 e. The summed E-state index contributed by atoms with van der Waals surface area (Å²) in [6, 6.07) is 7.31. The summed E-state index contributed by atoms with van der Waals surface area (Å²) >= 11 is 0. The molecule has 6 nitrogen and oxygen atoms in total. The molecule has 0 aliphatic carbocycles. The van der Waals surface area contributed by atoms with E-state index < -0.39 is 0 Å². The fraction of sp³-hybridized carbons (Fsp3) is 0.333. The van der Waals surface area contributed by atoms with E-state index in [1.54, 1.807) is 20.3 Å². The fourth-order valence-electron chi connectivity index (χ4n) is 2.01. The third-order valence-electron chi connectivity index (χ3n) is 3.11. The van der Waals surface area contributed by atoms with Crippen molar-refractivity contribution in [1.29, 1.82) is 0 Å². The Balaban J connectivity index is 1.95. The number of hydrogen-bond acceptors (Lipinski definition) is 4. The number of H-pyrrole nitrogens is 1. The topological polar surface area (TPSA) is 76.2 Å². The van der Waals surface area contributed by atoms with Gasteiger partial charge in [-0.25, -0.2) is 0 Å². The number of carbonyl (C=O) groups excluding carboxylic acids is 1. The maximum atomic E-state index is 11.9. The molecular formula is C15H19N3O3. The number of nitrogens with one attached hydrogen (secondary N) is 2. The number of amides is 1. The van der Waals surface area contributed by atoms with Gasteiger partial charge in [-0.15, -0.1) is 0 Å². The molecule has 1 heterocycles. The Morgan fingerprint density at radius 1 is 1.29 bits per heavy atom. The molecule has 0 spiro atoms. The van der Waals surface area contributed by atoms with Gasteiger partial charge in [0.05, 0.1) is 14.2 Å². The molecule has 0 bridgehead atoms. The van der Waals surface area contributed by atoms with Crippen LogP contribution in [0, 0.1) is 6.92 Å². The van der Waals surface area contributed by atoms with Crippen molar-refractivity contribution in [2.24, 2.45) is 0 Å². The number of carbonyl (C=O) groups is 1. The van der Waals surface area contributed by atoms with Gasteiger partial charge in [0.15, 0.2) is 0 Å². The molecule has 0 unspecified atom stereocenters. The smallest absolute Gasteiger partial charge is 0.271 e. The molecule has 1 aromatic heterocycles. The van der Waals surface area contributed by atoms with E-state index in [4.69, 9.17) is 9.47 Å². The minimum atomic E-state index is -0.193. The lowest BCUT2D eigenvalue weighted by molar-refractivity contribution is 0.0949. The van der Waals surface area contributed by atoms with Gasteiger partial charge in [-0.1, -0.05) is 0 Å². The average Bonchev–Trinajstić information content (AvgIpc) is 2.93. The summed E-state index contributed by atoms with van der Waals surface area (Å²) in [5, 5.41) is 9.50. The van der Waals surface area contributed by atoms with Crippen LogP contribution >= 0.6 is 0 Å². The van der Waals surface area contributed by atoms with Crippen molar-refractivity contribution >= 4 is 5.91 Å². The molecule has 1 aromatic carbocycles. The number of aromatic nitrogens is 2. The van der Waals surface area contributed by atoms with Gasteiger partial charge in [-0.05, 0) is 43.2 Å². The van der Waals surface area contributed by atoms with Crippen LogP contribution in [-0.4, -0.2) is 36.9 Å². The zero-order chi connectivity index (χ0) is 15.2. The maximum absolute atomic E-state index is 11.9. The van der Waals surface area contributed by atoms with E-state index in [1.807, 2.05) is 25.1 Å². The zero-order valence-electron chi connectivity index (χ0n) is 12.4. The summed E-state index contributed by atoms with van der Waals surface area (Å²) in [6.07, 6.45) is 0.648. The monoisotopic (exact) mass is 289 g/mol. The SMILES string of the molecule is COc1ccc(OC)c(CCNC(=O)c2cc(C)[nH]n2)c1. The number of methoxy groups -OCH3 is 2. The minimum absolute atomic E-state index is 0.193. The maximum Gasteiger partial charge on any atom is 0.271 e. The summed E-state index contributed by atoms with van der Waals surface area (Å²) in [5.74, 6) is 1.35. The molecule has 0 aliphatic rings. The normalized spacial score (nSPS) is 10.2. The van der Waals surface area contributed by atoms with Gasteiger partial charge in [-0.3, -0.25) is 9.89 Å². The molecule has 0 fully saturated rings. The molecule has 0 saturated carbocycles. The van der Waals surface area contributed by atoms with E-state index in [2.05, 4.69) is 15.5 Å². The van der Waals surface area contributed by atoms with E-state index in [0.29, 0.717) is 18.7 Å². The largest absolute Gasteiger partial charge is 0.497 e. The molecular weight excluding hydrogens is 270 g/mol. The van der Waals surface area contributed by atoms with Crippen LogP contribution in [0.3, 0.4) is 0 Å². The Morgan fingerprint density at radius 2 is 2.10 bits per heavy atom. The van der Waals surface area contributed by atoms with Crippen LogP contribution in [0.15, 0.2) is 24.3 Å². The van der Waals surface area contributed by atoms with Crippen LogP contribution in [0.2, 0.25) is 0 Å². The number of hydrogen-bond donors (Lipinski definition) is 2. The van der Waals surface area contributed by atoms with Crippen LogP contribution in [0.1, 0.15) is 21.7 Å². The molecule has 1 amide bonds. The highest BCUT2D eigenvalue weighted by molar-refractivity contribution is 5.92. The first-order valence-corrected chi connectivity index (χ1v) is 6.65. The predicted octanol–water partition coefficient (Wildman–Crippen LogP) is 1.71. The highest BCUT2D eigenvalue weighted by Gasteiger charge is 2.10. The Labute approximate surface area is 123 Å². The van der Waals surface area contributed by atoms with Crippen LogP contribution in [0.5, 0.6) is 11.5 Å². The first-order valence-electron chi connectivity index (χ1n) is 6.65. The van der Waals surface area contributed by atoms with Crippen molar-refractivity contribution in [2.45, 2.75) is 13.3 Å². The van der Waals surface area contributed by atoms with Crippen molar-refractivity contribution in [2.75, 3.05) is 20.8 Å². The number of aryl methyl sites for hydroxylation is 1. The number of benzene rings is 1. The Kier molecular flexibility index (Phi) is 4.81. The van der Waals surface area contributed by atoms with E-state index in [-0.39, 0.29) is 5.91 Å². The van der Waals surface area contributed by atoms with Crippen molar-refractivity contribution in [3.8, 4) is 11.5 Å². The molecule has 112 valence electrons. The van der Waals surface area contributed by atoms with E-state index in [0.717, 1.165) is 22.8 Å². The van der Waals surface area contributed by atoms with Crippen LogP contribution in [0.4, 0.5) is 0 Å². The van der Waals surface area contributed by atoms with E-state index in [1.165, 1.54) is 0 Å². The summed E-state index contributed by atoms with van der Waals surface area (Å²) in [6.45, 7) is 2.35. The average molecular weight is 289 g/mol. The van der Waals surface area contributed by atoms with Gasteiger partial charge in [0.1, 0.15) is 17.2 Å². The van der Waals surface area contributed by atoms with E-state index >= 15 is 0 Å². The lowest BCUT2D eigenvalue weighted by Crippen LogP contribution is -2.26. The summed E-state index contributed by atoms with van der Waals surface area (Å²) in [5.41, 5.74) is 2.23. The summed E-state index contributed by atoms with van der Waals surface area (Å²) in [7, 11) is 3.24. The second kappa shape index (κ2) is 6.78. The van der Waals surface area contributed by atoms with Gasteiger partial charge < -0.3 is 14.8 Å². The van der Waals surface area contributed by atoms with E-state index in [9.17, 15) is 4.79 Å². The summed E-state index contributed by atoms with van der Waals surface area (Å²) in [4.78, 5) is 11.9. The van der Waals surface area contributed by atoms with Crippen molar-refractivity contribution < 1.29 is 14.3 Å². The lowest BCUT2D eigenvalue weighted by atomic mass is 10.1. The first-order chi connectivity index (χ1) is 10.1. The Bertz CT molecular complexity index is 622. The van der Waals surface area contributed by atoms with Crippen LogP contribution < -0.4 is 14.8 Å². The highest BCUT2D eigenvalue weighted by atomic mass is 16.5. The predicted molar refractivity (Wildman–Crippen MR) is 78.9 cm³/mol.